The molecule has 1 unspecified atom stereocenters. The fourth-order valence-corrected chi connectivity index (χ4v) is 4.00. The fraction of sp³-hybridized carbons (Fsp3) is 0.318. The van der Waals surface area contributed by atoms with Crippen LogP contribution >= 0.6 is 11.6 Å². The standard InChI is InChI=1S/C22H22ClNO7S/c1-3-28-22(25)15(2)29-10-4-5-16-13-17(23)6-8-19(16)24-32(26,27)18-7-9-20-21(14-18)31-12-11-30-20/h6-9,13-15,24H,3,10-12H2,1-2H3. The van der Waals surface area contributed by atoms with Gasteiger partial charge in [-0.2, -0.15) is 0 Å². The number of carbonyl (C=O) groups is 1. The molecule has 0 fully saturated rings. The predicted molar refractivity (Wildman–Crippen MR) is 119 cm³/mol. The van der Waals surface area contributed by atoms with Crippen molar-refractivity contribution in [2.75, 3.05) is 31.1 Å². The largest absolute Gasteiger partial charge is 0.486 e. The number of hydrogen-bond donors (Lipinski definition) is 1. The van der Waals surface area contributed by atoms with E-state index >= 15 is 0 Å². The van der Waals surface area contributed by atoms with Crippen molar-refractivity contribution in [2.45, 2.75) is 24.8 Å². The van der Waals surface area contributed by atoms with Crippen LogP contribution in [0.4, 0.5) is 5.69 Å². The minimum absolute atomic E-state index is 0.0159. The summed E-state index contributed by atoms with van der Waals surface area (Å²) in [5.74, 6) is 5.95. The average Bonchev–Trinajstić information content (AvgIpc) is 2.78. The number of fused-ring (bicyclic) bond motifs is 1. The molecule has 1 heterocycles. The summed E-state index contributed by atoms with van der Waals surface area (Å²) in [4.78, 5) is 11.6. The second kappa shape index (κ2) is 10.6. The van der Waals surface area contributed by atoms with Crippen molar-refractivity contribution in [3.05, 3.63) is 47.0 Å². The normalized spacial score (nSPS) is 13.5. The molecule has 1 N–H and O–H groups in total. The Labute approximate surface area is 191 Å². The summed E-state index contributed by atoms with van der Waals surface area (Å²) in [6.45, 7) is 4.22. The van der Waals surface area contributed by atoms with Crippen LogP contribution in [0.1, 0.15) is 19.4 Å². The molecule has 0 spiro atoms. The molecule has 0 saturated heterocycles. The topological polar surface area (TPSA) is 100 Å². The molecule has 2 aromatic rings. The van der Waals surface area contributed by atoms with Gasteiger partial charge in [-0.05, 0) is 44.2 Å². The van der Waals surface area contributed by atoms with E-state index in [2.05, 4.69) is 16.6 Å². The van der Waals surface area contributed by atoms with E-state index in [1.54, 1.807) is 26.0 Å². The second-order valence-corrected chi connectivity index (χ2v) is 8.73. The fourth-order valence-electron chi connectivity index (χ4n) is 2.73. The zero-order chi connectivity index (χ0) is 23.1. The van der Waals surface area contributed by atoms with Crippen LogP contribution in [0, 0.1) is 11.8 Å². The molecule has 0 aliphatic carbocycles. The number of ether oxygens (including phenoxy) is 4. The Hall–Kier alpha value is -2.93. The quantitative estimate of drug-likeness (QED) is 0.480. The van der Waals surface area contributed by atoms with Gasteiger partial charge < -0.3 is 18.9 Å². The molecular weight excluding hydrogens is 458 g/mol. The number of nitrogens with one attached hydrogen (secondary N) is 1. The van der Waals surface area contributed by atoms with Gasteiger partial charge in [-0.1, -0.05) is 23.4 Å². The zero-order valence-corrected chi connectivity index (χ0v) is 19.1. The number of hydrogen-bond acceptors (Lipinski definition) is 7. The minimum Gasteiger partial charge on any atom is -0.486 e. The SMILES string of the molecule is CCOC(=O)C(C)OCC#Cc1cc(Cl)ccc1NS(=O)(=O)c1ccc2c(c1)OCCO2. The molecule has 170 valence electrons. The van der Waals surface area contributed by atoms with Crippen molar-refractivity contribution in [2.24, 2.45) is 0 Å². The van der Waals surface area contributed by atoms with Crippen molar-refractivity contribution in [3.8, 4) is 23.3 Å². The van der Waals surface area contributed by atoms with Crippen molar-refractivity contribution in [3.63, 3.8) is 0 Å². The predicted octanol–water partition coefficient (Wildman–Crippen LogP) is 3.23. The van der Waals surface area contributed by atoms with E-state index in [4.69, 9.17) is 30.5 Å². The number of carbonyl (C=O) groups excluding carboxylic acids is 1. The lowest BCUT2D eigenvalue weighted by molar-refractivity contribution is -0.154. The number of benzene rings is 2. The maximum Gasteiger partial charge on any atom is 0.334 e. The van der Waals surface area contributed by atoms with Gasteiger partial charge in [0.2, 0.25) is 0 Å². The summed E-state index contributed by atoms with van der Waals surface area (Å²) in [6, 6.07) is 8.99. The highest BCUT2D eigenvalue weighted by molar-refractivity contribution is 7.92. The van der Waals surface area contributed by atoms with Crippen molar-refractivity contribution >= 4 is 33.3 Å². The van der Waals surface area contributed by atoms with Crippen LogP contribution in [-0.4, -0.2) is 46.9 Å². The van der Waals surface area contributed by atoms with Gasteiger partial charge in [-0.25, -0.2) is 13.2 Å². The van der Waals surface area contributed by atoms with Gasteiger partial charge in [-0.15, -0.1) is 0 Å². The van der Waals surface area contributed by atoms with Crippen molar-refractivity contribution in [1.82, 2.24) is 0 Å². The van der Waals surface area contributed by atoms with Gasteiger partial charge >= 0.3 is 5.97 Å². The monoisotopic (exact) mass is 479 g/mol. The Kier molecular flexibility index (Phi) is 7.85. The lowest BCUT2D eigenvalue weighted by atomic mass is 10.2. The Morgan fingerprint density at radius 3 is 2.69 bits per heavy atom. The van der Waals surface area contributed by atoms with E-state index in [0.717, 1.165) is 0 Å². The van der Waals surface area contributed by atoms with E-state index in [9.17, 15) is 13.2 Å². The molecule has 8 nitrogen and oxygen atoms in total. The molecule has 0 saturated carbocycles. The van der Waals surface area contributed by atoms with Gasteiger partial charge in [0.1, 0.15) is 19.8 Å². The lowest BCUT2D eigenvalue weighted by Crippen LogP contribution is -2.23. The molecule has 0 amide bonds. The molecule has 32 heavy (non-hydrogen) atoms. The second-order valence-electron chi connectivity index (χ2n) is 6.61. The van der Waals surface area contributed by atoms with Gasteiger partial charge in [-0.3, -0.25) is 4.72 Å². The van der Waals surface area contributed by atoms with E-state index in [1.807, 2.05) is 0 Å². The summed E-state index contributed by atoms with van der Waals surface area (Å²) >= 11 is 6.06. The first-order chi connectivity index (χ1) is 15.3. The third-order valence-corrected chi connectivity index (χ3v) is 5.90. The lowest BCUT2D eigenvalue weighted by Gasteiger charge is -2.19. The van der Waals surface area contributed by atoms with E-state index < -0.39 is 22.1 Å². The molecule has 1 aliphatic rings. The zero-order valence-electron chi connectivity index (χ0n) is 17.5. The highest BCUT2D eigenvalue weighted by Crippen LogP contribution is 2.33. The maximum atomic E-state index is 12.9. The van der Waals surface area contributed by atoms with Gasteiger partial charge in [0, 0.05) is 11.1 Å². The molecule has 2 aromatic carbocycles. The Morgan fingerprint density at radius 1 is 1.19 bits per heavy atom. The maximum absolute atomic E-state index is 12.9. The molecule has 3 rings (SSSR count). The first kappa shape index (κ1) is 23.7. The third-order valence-electron chi connectivity index (χ3n) is 4.30. The summed E-state index contributed by atoms with van der Waals surface area (Å²) < 4.78 is 49.4. The van der Waals surface area contributed by atoms with E-state index in [1.165, 1.54) is 24.3 Å². The molecule has 1 aliphatic heterocycles. The summed E-state index contributed by atoms with van der Waals surface area (Å²) in [6.07, 6.45) is -0.767. The van der Waals surface area contributed by atoms with Crippen molar-refractivity contribution < 1.29 is 32.2 Å². The number of halogens is 1. The first-order valence-electron chi connectivity index (χ1n) is 9.79. The Balaban J connectivity index is 1.76. The van der Waals surface area contributed by atoms with Crippen LogP contribution < -0.4 is 14.2 Å². The Bertz CT molecular complexity index is 1150. The van der Waals surface area contributed by atoms with Crippen LogP contribution in [0.3, 0.4) is 0 Å². The summed E-state index contributed by atoms with van der Waals surface area (Å²) in [5.41, 5.74) is 0.598. The molecule has 0 radical (unpaired) electrons. The van der Waals surface area contributed by atoms with Crippen LogP contribution in [0.15, 0.2) is 41.3 Å². The molecular formula is C22H22ClNO7S. The van der Waals surface area contributed by atoms with E-state index in [-0.39, 0.29) is 23.8 Å². The number of esters is 1. The smallest absolute Gasteiger partial charge is 0.334 e. The highest BCUT2D eigenvalue weighted by atomic mass is 35.5. The summed E-state index contributed by atoms with van der Waals surface area (Å²) in [5, 5.41) is 0.386. The molecule has 0 aromatic heterocycles. The van der Waals surface area contributed by atoms with Crippen LogP contribution in [-0.2, 0) is 24.3 Å². The van der Waals surface area contributed by atoms with Crippen LogP contribution in [0.25, 0.3) is 0 Å². The van der Waals surface area contributed by atoms with E-state index in [0.29, 0.717) is 35.3 Å². The summed E-state index contributed by atoms with van der Waals surface area (Å²) in [7, 11) is -3.93. The minimum atomic E-state index is -3.93. The average molecular weight is 480 g/mol. The molecule has 1 atom stereocenters. The first-order valence-corrected chi connectivity index (χ1v) is 11.7. The number of anilines is 1. The molecule has 0 bridgehead atoms. The van der Waals surface area contributed by atoms with Crippen molar-refractivity contribution in [1.29, 1.82) is 0 Å². The van der Waals surface area contributed by atoms with Crippen LogP contribution in [0.5, 0.6) is 11.5 Å². The number of sulfonamides is 1. The molecule has 10 heteroatoms. The van der Waals surface area contributed by atoms with Gasteiger partial charge in [0.05, 0.1) is 22.8 Å². The number of rotatable bonds is 7. The highest BCUT2D eigenvalue weighted by Gasteiger charge is 2.20. The van der Waals surface area contributed by atoms with Crippen LogP contribution in [0.2, 0.25) is 5.02 Å². The van der Waals surface area contributed by atoms with Gasteiger partial charge in [0.15, 0.2) is 17.6 Å². The Morgan fingerprint density at radius 2 is 1.94 bits per heavy atom. The third kappa shape index (κ3) is 6.07. The van der Waals surface area contributed by atoms with Gasteiger partial charge in [0.25, 0.3) is 10.0 Å².